The number of halogens is 4. The third-order valence-electron chi connectivity index (χ3n) is 4.04. The van der Waals surface area contributed by atoms with Crippen molar-refractivity contribution >= 4 is 17.3 Å². The minimum Gasteiger partial charge on any atom is -0.381 e. The summed E-state index contributed by atoms with van der Waals surface area (Å²) in [5.74, 6) is 0.411. The van der Waals surface area contributed by atoms with Crippen molar-refractivity contribution in [2.24, 2.45) is 5.92 Å². The van der Waals surface area contributed by atoms with Crippen molar-refractivity contribution in [2.75, 3.05) is 25.5 Å². The Morgan fingerprint density at radius 3 is 2.71 bits per heavy atom. The van der Waals surface area contributed by atoms with Gasteiger partial charge >= 0.3 is 6.18 Å². The summed E-state index contributed by atoms with van der Waals surface area (Å²) >= 11 is 6.02. The first-order valence-corrected chi connectivity index (χ1v) is 7.47. The molecule has 2 atom stereocenters. The van der Waals surface area contributed by atoms with Crippen LogP contribution in [0.3, 0.4) is 0 Å². The molecule has 0 radical (unpaired) electrons. The molecule has 0 aliphatic carbocycles. The van der Waals surface area contributed by atoms with Gasteiger partial charge in [0.25, 0.3) is 0 Å². The van der Waals surface area contributed by atoms with Crippen molar-refractivity contribution in [3.05, 3.63) is 28.8 Å². The normalized spacial score (nSPS) is 22.1. The van der Waals surface area contributed by atoms with Gasteiger partial charge in [0, 0.05) is 12.6 Å². The average Bonchev–Trinajstić information content (AvgIpc) is 2.40. The molecule has 0 bridgehead atoms. The summed E-state index contributed by atoms with van der Waals surface area (Å²) in [7, 11) is 2.07. The van der Waals surface area contributed by atoms with Crippen LogP contribution in [0.5, 0.6) is 0 Å². The van der Waals surface area contributed by atoms with E-state index in [0.29, 0.717) is 16.6 Å². The van der Waals surface area contributed by atoms with Gasteiger partial charge in [-0.1, -0.05) is 11.6 Å². The zero-order chi connectivity index (χ0) is 15.6. The van der Waals surface area contributed by atoms with Crippen molar-refractivity contribution in [1.82, 2.24) is 4.90 Å². The van der Waals surface area contributed by atoms with Gasteiger partial charge in [-0.05, 0) is 57.5 Å². The Labute approximate surface area is 128 Å². The van der Waals surface area contributed by atoms with E-state index < -0.39 is 11.7 Å². The fraction of sp³-hybridized carbons (Fsp3) is 0.600. The van der Waals surface area contributed by atoms with Crippen LogP contribution in [-0.4, -0.2) is 31.1 Å². The van der Waals surface area contributed by atoms with Crippen LogP contribution in [0.1, 0.15) is 25.3 Å². The molecule has 1 aromatic carbocycles. The first-order chi connectivity index (χ1) is 9.77. The van der Waals surface area contributed by atoms with Crippen LogP contribution in [0.2, 0.25) is 5.02 Å². The van der Waals surface area contributed by atoms with Gasteiger partial charge in [-0.2, -0.15) is 13.2 Å². The Bertz CT molecular complexity index is 490. The lowest BCUT2D eigenvalue weighted by Crippen LogP contribution is -2.39. The largest absolute Gasteiger partial charge is 0.416 e. The van der Waals surface area contributed by atoms with Crippen LogP contribution < -0.4 is 5.32 Å². The number of piperidine rings is 1. The standard InChI is InChI=1S/C15H20ClF3N2/c1-10(11-4-3-7-21(2)9-11)20-14-8-12(15(17,18)19)5-6-13(14)16/h5-6,8,10-11,20H,3-4,7,9H2,1-2H3. The molecule has 1 aliphatic heterocycles. The Morgan fingerprint density at radius 2 is 2.10 bits per heavy atom. The maximum absolute atomic E-state index is 12.8. The molecule has 2 rings (SSSR count). The molecule has 1 saturated heterocycles. The number of benzene rings is 1. The van der Waals surface area contributed by atoms with E-state index in [-0.39, 0.29) is 6.04 Å². The molecule has 2 nitrogen and oxygen atoms in total. The highest BCUT2D eigenvalue weighted by molar-refractivity contribution is 6.33. The van der Waals surface area contributed by atoms with E-state index in [1.807, 2.05) is 6.92 Å². The van der Waals surface area contributed by atoms with Gasteiger partial charge in [-0.3, -0.25) is 0 Å². The maximum Gasteiger partial charge on any atom is 0.416 e. The highest BCUT2D eigenvalue weighted by atomic mass is 35.5. The number of nitrogens with one attached hydrogen (secondary N) is 1. The van der Waals surface area contributed by atoms with Crippen molar-refractivity contribution in [2.45, 2.75) is 32.0 Å². The Morgan fingerprint density at radius 1 is 1.38 bits per heavy atom. The highest BCUT2D eigenvalue weighted by Gasteiger charge is 2.31. The van der Waals surface area contributed by atoms with E-state index >= 15 is 0 Å². The lowest BCUT2D eigenvalue weighted by molar-refractivity contribution is -0.137. The summed E-state index contributed by atoms with van der Waals surface area (Å²) in [4.78, 5) is 2.25. The number of rotatable bonds is 3. The number of hydrogen-bond donors (Lipinski definition) is 1. The predicted molar refractivity (Wildman–Crippen MR) is 79.8 cm³/mol. The first-order valence-electron chi connectivity index (χ1n) is 7.09. The van der Waals surface area contributed by atoms with Crippen LogP contribution in [0.4, 0.5) is 18.9 Å². The van der Waals surface area contributed by atoms with Crippen LogP contribution in [0, 0.1) is 5.92 Å². The number of hydrogen-bond acceptors (Lipinski definition) is 2. The molecule has 0 amide bonds. The van der Waals surface area contributed by atoms with E-state index in [0.717, 1.165) is 38.1 Å². The molecule has 1 aromatic rings. The average molecular weight is 321 g/mol. The van der Waals surface area contributed by atoms with Gasteiger partial charge in [0.1, 0.15) is 0 Å². The zero-order valence-electron chi connectivity index (χ0n) is 12.2. The molecule has 0 saturated carbocycles. The number of anilines is 1. The molecule has 0 spiro atoms. The molecule has 21 heavy (non-hydrogen) atoms. The molecule has 1 N–H and O–H groups in total. The van der Waals surface area contributed by atoms with Gasteiger partial charge < -0.3 is 10.2 Å². The van der Waals surface area contributed by atoms with Gasteiger partial charge in [0.05, 0.1) is 16.3 Å². The summed E-state index contributed by atoms with van der Waals surface area (Å²) in [6.45, 7) is 4.03. The summed E-state index contributed by atoms with van der Waals surface area (Å²) in [5.41, 5.74) is -0.324. The molecule has 1 aliphatic rings. The first kappa shape index (κ1) is 16.4. The third kappa shape index (κ3) is 4.27. The number of likely N-dealkylation sites (tertiary alicyclic amines) is 1. The van der Waals surface area contributed by atoms with Gasteiger partial charge in [0.2, 0.25) is 0 Å². The molecule has 118 valence electrons. The van der Waals surface area contributed by atoms with E-state index in [4.69, 9.17) is 11.6 Å². The van der Waals surface area contributed by atoms with Gasteiger partial charge in [-0.25, -0.2) is 0 Å². The second kappa shape index (κ2) is 6.44. The number of alkyl halides is 3. The minimum atomic E-state index is -4.35. The topological polar surface area (TPSA) is 15.3 Å². The van der Waals surface area contributed by atoms with E-state index in [9.17, 15) is 13.2 Å². The predicted octanol–water partition coefficient (Wildman–Crippen LogP) is 4.50. The van der Waals surface area contributed by atoms with Crippen molar-refractivity contribution in [1.29, 1.82) is 0 Å². The fourth-order valence-corrected chi connectivity index (χ4v) is 2.96. The van der Waals surface area contributed by atoms with Crippen LogP contribution in [0.25, 0.3) is 0 Å². The molecule has 2 unspecified atom stereocenters. The van der Waals surface area contributed by atoms with Crippen molar-refractivity contribution < 1.29 is 13.2 Å². The highest BCUT2D eigenvalue weighted by Crippen LogP contribution is 2.34. The summed E-state index contributed by atoms with van der Waals surface area (Å²) in [6, 6.07) is 3.47. The quantitative estimate of drug-likeness (QED) is 0.882. The fourth-order valence-electron chi connectivity index (χ4n) is 2.79. The number of nitrogens with zero attached hydrogens (tertiary/aromatic N) is 1. The molecular formula is C15H20ClF3N2. The SMILES string of the molecule is CC(Nc1cc(C(F)(F)F)ccc1Cl)C1CCCN(C)C1. The molecule has 6 heteroatoms. The summed E-state index contributed by atoms with van der Waals surface area (Å²) in [6.07, 6.45) is -2.16. The lowest BCUT2D eigenvalue weighted by atomic mass is 9.91. The van der Waals surface area contributed by atoms with Crippen molar-refractivity contribution in [3.8, 4) is 0 Å². The summed E-state index contributed by atoms with van der Waals surface area (Å²) < 4.78 is 38.3. The van der Waals surface area contributed by atoms with E-state index in [1.54, 1.807) is 0 Å². The molecular weight excluding hydrogens is 301 g/mol. The van der Waals surface area contributed by atoms with Crippen LogP contribution >= 0.6 is 11.6 Å². The second-order valence-corrected chi connectivity index (χ2v) is 6.20. The monoisotopic (exact) mass is 320 g/mol. The molecule has 0 aromatic heterocycles. The van der Waals surface area contributed by atoms with Gasteiger partial charge in [0.15, 0.2) is 0 Å². The Kier molecular flexibility index (Phi) is 5.04. The molecule has 1 fully saturated rings. The minimum absolute atomic E-state index is 0.0775. The van der Waals surface area contributed by atoms with E-state index in [2.05, 4.69) is 17.3 Å². The van der Waals surface area contributed by atoms with Crippen molar-refractivity contribution in [3.63, 3.8) is 0 Å². The molecule has 1 heterocycles. The van der Waals surface area contributed by atoms with Crippen LogP contribution in [0.15, 0.2) is 18.2 Å². The van der Waals surface area contributed by atoms with E-state index in [1.165, 1.54) is 6.07 Å². The lowest BCUT2D eigenvalue weighted by Gasteiger charge is -2.34. The van der Waals surface area contributed by atoms with Crippen LogP contribution in [-0.2, 0) is 6.18 Å². The smallest absolute Gasteiger partial charge is 0.381 e. The second-order valence-electron chi connectivity index (χ2n) is 5.79. The maximum atomic E-state index is 12.8. The summed E-state index contributed by atoms with van der Waals surface area (Å²) in [5, 5.41) is 3.47. The Hall–Kier alpha value is -0.940. The third-order valence-corrected chi connectivity index (χ3v) is 4.37. The zero-order valence-corrected chi connectivity index (χ0v) is 12.9. The Balaban J connectivity index is 2.11. The van der Waals surface area contributed by atoms with Gasteiger partial charge in [-0.15, -0.1) is 0 Å².